The van der Waals surface area contributed by atoms with Crippen molar-refractivity contribution in [3.05, 3.63) is 29.8 Å². The molecule has 0 aromatic heterocycles. The third-order valence-electron chi connectivity index (χ3n) is 4.02. The van der Waals surface area contributed by atoms with Gasteiger partial charge in [0.1, 0.15) is 0 Å². The number of piperidine rings is 1. The maximum atomic E-state index is 12.3. The van der Waals surface area contributed by atoms with Crippen LogP contribution >= 0.6 is 12.4 Å². The topological polar surface area (TPSA) is 70.2 Å². The van der Waals surface area contributed by atoms with Gasteiger partial charge in [0.15, 0.2) is 0 Å². The van der Waals surface area contributed by atoms with Crippen molar-refractivity contribution in [3.63, 3.8) is 0 Å². The number of carbonyl (C=O) groups is 2. The third kappa shape index (κ3) is 5.52. The highest BCUT2D eigenvalue weighted by molar-refractivity contribution is 5.96. The Kier molecular flexibility index (Phi) is 7.52. The quantitative estimate of drug-likeness (QED) is 0.789. The van der Waals surface area contributed by atoms with Crippen LogP contribution in [0.5, 0.6) is 0 Å². The summed E-state index contributed by atoms with van der Waals surface area (Å²) in [5.41, 5.74) is 1.32. The first-order valence-corrected chi connectivity index (χ1v) is 7.92. The maximum Gasteiger partial charge on any atom is 0.251 e. The fourth-order valence-corrected chi connectivity index (χ4v) is 2.48. The Hall–Kier alpha value is -1.59. The number of carbonyl (C=O) groups excluding carboxylic acids is 2. The van der Waals surface area contributed by atoms with Gasteiger partial charge < -0.3 is 16.0 Å². The van der Waals surface area contributed by atoms with E-state index in [9.17, 15) is 9.59 Å². The van der Waals surface area contributed by atoms with Crippen LogP contribution in [0.4, 0.5) is 5.69 Å². The van der Waals surface area contributed by atoms with Crippen molar-refractivity contribution in [1.29, 1.82) is 0 Å². The fraction of sp³-hybridized carbons (Fsp3) is 0.529. The summed E-state index contributed by atoms with van der Waals surface area (Å²) in [7, 11) is 0. The van der Waals surface area contributed by atoms with Gasteiger partial charge in [-0.1, -0.05) is 13.8 Å². The largest absolute Gasteiger partial charge is 0.348 e. The van der Waals surface area contributed by atoms with Crippen LogP contribution in [0.3, 0.4) is 0 Å². The molecule has 0 spiro atoms. The van der Waals surface area contributed by atoms with Crippen LogP contribution in [0.25, 0.3) is 0 Å². The van der Waals surface area contributed by atoms with Crippen molar-refractivity contribution in [2.75, 3.05) is 11.9 Å². The molecule has 1 aliphatic heterocycles. The second-order valence-electron chi connectivity index (χ2n) is 6.19. The summed E-state index contributed by atoms with van der Waals surface area (Å²) in [5, 5.41) is 9.26. The molecular weight excluding hydrogens is 314 g/mol. The normalized spacial score (nSPS) is 20.5. The highest BCUT2D eigenvalue weighted by Gasteiger charge is 2.22. The van der Waals surface area contributed by atoms with E-state index in [0.29, 0.717) is 17.3 Å². The number of benzene rings is 1. The van der Waals surface area contributed by atoms with Crippen molar-refractivity contribution < 1.29 is 9.59 Å². The van der Waals surface area contributed by atoms with Gasteiger partial charge in [0.2, 0.25) is 5.91 Å². The lowest BCUT2D eigenvalue weighted by atomic mass is 9.99. The van der Waals surface area contributed by atoms with E-state index < -0.39 is 0 Å². The molecule has 0 radical (unpaired) electrons. The first-order valence-electron chi connectivity index (χ1n) is 7.92. The lowest BCUT2D eigenvalue weighted by molar-refractivity contribution is -0.118. The van der Waals surface area contributed by atoms with E-state index in [1.807, 2.05) is 13.8 Å². The Balaban J connectivity index is 0.00000264. The van der Waals surface area contributed by atoms with Crippen molar-refractivity contribution in [1.82, 2.24) is 10.6 Å². The molecule has 0 aliphatic carbocycles. The van der Waals surface area contributed by atoms with Gasteiger partial charge in [0.05, 0.1) is 0 Å². The van der Waals surface area contributed by atoms with Gasteiger partial charge in [0, 0.05) is 29.3 Å². The van der Waals surface area contributed by atoms with Crippen LogP contribution in [-0.4, -0.2) is 30.4 Å². The van der Waals surface area contributed by atoms with Gasteiger partial charge in [-0.25, -0.2) is 0 Å². The lowest BCUT2D eigenvalue weighted by Crippen LogP contribution is -2.51. The number of rotatable bonds is 4. The predicted molar refractivity (Wildman–Crippen MR) is 95.1 cm³/mol. The zero-order valence-corrected chi connectivity index (χ0v) is 14.7. The number of hydrogen-bond donors (Lipinski definition) is 3. The molecule has 23 heavy (non-hydrogen) atoms. The second kappa shape index (κ2) is 8.89. The average Bonchev–Trinajstić information content (AvgIpc) is 2.50. The Morgan fingerprint density at radius 2 is 1.87 bits per heavy atom. The SMILES string of the molecule is CC(C)C(=O)Nc1ccc(C(=O)NC2CCCNC2C)cc1.Cl. The van der Waals surface area contributed by atoms with E-state index in [4.69, 9.17) is 0 Å². The molecule has 3 N–H and O–H groups in total. The molecule has 2 atom stereocenters. The van der Waals surface area contributed by atoms with Crippen LogP contribution in [0.15, 0.2) is 24.3 Å². The highest BCUT2D eigenvalue weighted by Crippen LogP contribution is 2.13. The van der Waals surface area contributed by atoms with Crippen LogP contribution < -0.4 is 16.0 Å². The number of anilines is 1. The van der Waals surface area contributed by atoms with Gasteiger partial charge in [-0.05, 0) is 50.6 Å². The van der Waals surface area contributed by atoms with Gasteiger partial charge in [-0.15, -0.1) is 12.4 Å². The minimum absolute atomic E-state index is 0. The smallest absolute Gasteiger partial charge is 0.251 e. The zero-order chi connectivity index (χ0) is 16.1. The van der Waals surface area contributed by atoms with E-state index in [1.54, 1.807) is 24.3 Å². The summed E-state index contributed by atoms with van der Waals surface area (Å²) < 4.78 is 0. The minimum atomic E-state index is -0.0673. The standard InChI is InChI=1S/C17H25N3O2.ClH/c1-11(2)16(21)19-14-8-6-13(7-9-14)17(22)20-15-5-4-10-18-12(15)3;/h6-9,11-12,15,18H,4-5,10H2,1-3H3,(H,19,21)(H,20,22);1H. The molecule has 6 heteroatoms. The molecule has 1 aliphatic rings. The fourth-order valence-electron chi connectivity index (χ4n) is 2.48. The Morgan fingerprint density at radius 1 is 1.22 bits per heavy atom. The maximum absolute atomic E-state index is 12.3. The van der Waals surface area contributed by atoms with Crippen LogP contribution in [0.2, 0.25) is 0 Å². The summed E-state index contributed by atoms with van der Waals surface area (Å²) in [6, 6.07) is 7.47. The molecule has 1 fully saturated rings. The van der Waals surface area contributed by atoms with E-state index in [2.05, 4.69) is 22.9 Å². The van der Waals surface area contributed by atoms with Crippen LogP contribution in [0.1, 0.15) is 44.0 Å². The highest BCUT2D eigenvalue weighted by atomic mass is 35.5. The Morgan fingerprint density at radius 3 is 2.43 bits per heavy atom. The molecular formula is C17H26ClN3O2. The van der Waals surface area contributed by atoms with E-state index >= 15 is 0 Å². The third-order valence-corrected chi connectivity index (χ3v) is 4.02. The van der Waals surface area contributed by atoms with Crippen molar-refractivity contribution in [2.45, 2.75) is 45.7 Å². The molecule has 1 aromatic carbocycles. The summed E-state index contributed by atoms with van der Waals surface area (Å²) in [6.07, 6.45) is 2.08. The molecule has 2 amide bonds. The first kappa shape index (κ1) is 19.5. The first-order chi connectivity index (χ1) is 10.5. The van der Waals surface area contributed by atoms with E-state index in [-0.39, 0.29) is 36.2 Å². The summed E-state index contributed by atoms with van der Waals surface area (Å²) >= 11 is 0. The second-order valence-corrected chi connectivity index (χ2v) is 6.19. The average molecular weight is 340 g/mol. The van der Waals surface area contributed by atoms with Crippen molar-refractivity contribution >= 4 is 29.9 Å². The number of halogens is 1. The monoisotopic (exact) mass is 339 g/mol. The van der Waals surface area contributed by atoms with E-state index in [0.717, 1.165) is 19.4 Å². The number of amides is 2. The molecule has 1 saturated heterocycles. The molecule has 128 valence electrons. The molecule has 1 heterocycles. The van der Waals surface area contributed by atoms with Gasteiger partial charge in [-0.2, -0.15) is 0 Å². The van der Waals surface area contributed by atoms with Crippen molar-refractivity contribution in [3.8, 4) is 0 Å². The Labute approximate surface area is 144 Å². The molecule has 2 unspecified atom stereocenters. The minimum Gasteiger partial charge on any atom is -0.348 e. The Bertz CT molecular complexity index is 531. The van der Waals surface area contributed by atoms with Gasteiger partial charge in [-0.3, -0.25) is 9.59 Å². The molecule has 0 saturated carbocycles. The summed E-state index contributed by atoms with van der Waals surface area (Å²) in [6.45, 7) is 6.79. The molecule has 0 bridgehead atoms. The van der Waals surface area contributed by atoms with Crippen LogP contribution in [0, 0.1) is 5.92 Å². The lowest BCUT2D eigenvalue weighted by Gasteiger charge is -2.30. The molecule has 5 nitrogen and oxygen atoms in total. The van der Waals surface area contributed by atoms with Gasteiger partial charge >= 0.3 is 0 Å². The van der Waals surface area contributed by atoms with Crippen LogP contribution in [-0.2, 0) is 4.79 Å². The zero-order valence-electron chi connectivity index (χ0n) is 13.9. The summed E-state index contributed by atoms with van der Waals surface area (Å²) in [4.78, 5) is 23.9. The molecule has 2 rings (SSSR count). The predicted octanol–water partition coefficient (Wildman–Crippen LogP) is 2.57. The molecule has 1 aromatic rings. The summed E-state index contributed by atoms with van der Waals surface area (Å²) in [5.74, 6) is -0.162. The van der Waals surface area contributed by atoms with Gasteiger partial charge in [0.25, 0.3) is 5.91 Å². The number of nitrogens with one attached hydrogen (secondary N) is 3. The number of hydrogen-bond acceptors (Lipinski definition) is 3. The van der Waals surface area contributed by atoms with Crippen molar-refractivity contribution in [2.24, 2.45) is 5.92 Å². The van der Waals surface area contributed by atoms with E-state index in [1.165, 1.54) is 0 Å².